The van der Waals surface area contributed by atoms with E-state index in [0.717, 1.165) is 24.0 Å². The number of fused-ring (bicyclic) bond motifs is 4. The second-order valence-electron chi connectivity index (χ2n) is 6.00. The van der Waals surface area contributed by atoms with E-state index in [1.165, 1.54) is 11.3 Å². The van der Waals surface area contributed by atoms with Gasteiger partial charge in [0.25, 0.3) is 0 Å². The normalized spacial score (nSPS) is 22.1. The number of benzene rings is 2. The number of esters is 1. The van der Waals surface area contributed by atoms with Crippen molar-refractivity contribution >= 4 is 11.7 Å². The van der Waals surface area contributed by atoms with Crippen LogP contribution < -0.4 is 4.90 Å². The zero-order valence-corrected chi connectivity index (χ0v) is 12.2. The lowest BCUT2D eigenvalue weighted by Crippen LogP contribution is -2.24. The summed E-state index contributed by atoms with van der Waals surface area (Å²) in [4.78, 5) is 14.3. The predicted molar refractivity (Wildman–Crippen MR) is 81.7 cm³/mol. The molecule has 106 valence electrons. The monoisotopic (exact) mass is 279 g/mol. The lowest BCUT2D eigenvalue weighted by Gasteiger charge is -2.25. The molecule has 0 saturated heterocycles. The third kappa shape index (κ3) is 1.57. The summed E-state index contributed by atoms with van der Waals surface area (Å²) in [5.74, 6) is -0.199. The van der Waals surface area contributed by atoms with Crippen molar-refractivity contribution < 1.29 is 9.53 Å². The molecule has 0 bridgehead atoms. The van der Waals surface area contributed by atoms with Gasteiger partial charge in [0.05, 0.1) is 5.56 Å². The van der Waals surface area contributed by atoms with Gasteiger partial charge in [-0.2, -0.15) is 0 Å². The number of hydrogen-bond donors (Lipinski definition) is 0. The second-order valence-corrected chi connectivity index (χ2v) is 6.00. The highest BCUT2D eigenvalue weighted by molar-refractivity contribution is 5.95. The molecule has 0 radical (unpaired) electrons. The standard InChI is InChI=1S/C18H17NO2/c1-19(2)13-7-8-15-12(11-13)9-10-18(15)16-6-4-3-5-14(16)17(20)21-18/h3-8,11H,9-10H2,1-2H3/t18-/m0/s1. The third-order valence-corrected chi connectivity index (χ3v) is 4.64. The Hall–Kier alpha value is -2.29. The molecule has 4 rings (SSSR count). The average molecular weight is 279 g/mol. The Balaban J connectivity index is 1.90. The van der Waals surface area contributed by atoms with Crippen LogP contribution in [0.25, 0.3) is 0 Å². The van der Waals surface area contributed by atoms with Gasteiger partial charge in [0.15, 0.2) is 5.60 Å². The van der Waals surface area contributed by atoms with Crippen molar-refractivity contribution in [3.8, 4) is 0 Å². The van der Waals surface area contributed by atoms with E-state index < -0.39 is 5.60 Å². The quantitative estimate of drug-likeness (QED) is 0.751. The molecule has 0 amide bonds. The van der Waals surface area contributed by atoms with Gasteiger partial charge in [-0.05, 0) is 36.6 Å². The van der Waals surface area contributed by atoms with E-state index in [2.05, 4.69) is 23.1 Å². The lowest BCUT2D eigenvalue weighted by atomic mass is 9.87. The number of carbonyl (C=O) groups excluding carboxylic acids is 1. The molecule has 2 aromatic carbocycles. The van der Waals surface area contributed by atoms with E-state index in [9.17, 15) is 4.79 Å². The molecule has 2 aliphatic rings. The summed E-state index contributed by atoms with van der Waals surface area (Å²) in [7, 11) is 4.08. The van der Waals surface area contributed by atoms with E-state index in [1.807, 2.05) is 38.4 Å². The van der Waals surface area contributed by atoms with Crippen LogP contribution in [0.2, 0.25) is 0 Å². The molecule has 2 aromatic rings. The molecule has 0 unspecified atom stereocenters. The van der Waals surface area contributed by atoms with Gasteiger partial charge in [-0.1, -0.05) is 24.3 Å². The minimum absolute atomic E-state index is 0.199. The summed E-state index contributed by atoms with van der Waals surface area (Å²) in [5, 5.41) is 0. The van der Waals surface area contributed by atoms with Gasteiger partial charge in [-0.15, -0.1) is 0 Å². The molecular formula is C18H17NO2. The smallest absolute Gasteiger partial charge is 0.339 e. The van der Waals surface area contributed by atoms with E-state index >= 15 is 0 Å². The molecule has 0 aromatic heterocycles. The lowest BCUT2D eigenvalue weighted by molar-refractivity contribution is 0.0116. The van der Waals surface area contributed by atoms with Crippen LogP contribution in [0.1, 0.15) is 33.5 Å². The van der Waals surface area contributed by atoms with Crippen LogP contribution >= 0.6 is 0 Å². The summed E-state index contributed by atoms with van der Waals surface area (Å²) in [6.07, 6.45) is 1.78. The fourth-order valence-electron chi connectivity index (χ4n) is 3.57. The van der Waals surface area contributed by atoms with Crippen LogP contribution in [-0.2, 0) is 16.8 Å². The molecule has 1 spiro atoms. The third-order valence-electron chi connectivity index (χ3n) is 4.64. The largest absolute Gasteiger partial charge is 0.446 e. The zero-order chi connectivity index (χ0) is 14.6. The number of ether oxygens (including phenoxy) is 1. The summed E-state index contributed by atoms with van der Waals surface area (Å²) < 4.78 is 5.85. The number of anilines is 1. The molecule has 1 aliphatic carbocycles. The van der Waals surface area contributed by atoms with Crippen LogP contribution in [0.5, 0.6) is 0 Å². The Kier molecular flexibility index (Phi) is 2.43. The predicted octanol–water partition coefficient (Wildman–Crippen LogP) is 3.11. The minimum Gasteiger partial charge on any atom is -0.446 e. The van der Waals surface area contributed by atoms with Crippen LogP contribution in [0.3, 0.4) is 0 Å². The highest BCUT2D eigenvalue weighted by Crippen LogP contribution is 2.50. The molecule has 0 N–H and O–H groups in total. The number of aryl methyl sites for hydroxylation is 1. The summed E-state index contributed by atoms with van der Waals surface area (Å²) in [5.41, 5.74) is 4.78. The van der Waals surface area contributed by atoms with E-state index in [4.69, 9.17) is 4.74 Å². The van der Waals surface area contributed by atoms with Gasteiger partial charge in [0, 0.05) is 30.9 Å². The van der Waals surface area contributed by atoms with Crippen molar-refractivity contribution in [2.75, 3.05) is 19.0 Å². The molecule has 3 nitrogen and oxygen atoms in total. The van der Waals surface area contributed by atoms with Crippen molar-refractivity contribution in [3.63, 3.8) is 0 Å². The Morgan fingerprint density at radius 1 is 1.10 bits per heavy atom. The fraction of sp³-hybridized carbons (Fsp3) is 0.278. The molecule has 21 heavy (non-hydrogen) atoms. The van der Waals surface area contributed by atoms with Crippen molar-refractivity contribution in [1.82, 2.24) is 0 Å². The van der Waals surface area contributed by atoms with Gasteiger partial charge in [-0.25, -0.2) is 4.79 Å². The SMILES string of the molecule is CN(C)c1ccc2c(c1)CC[C@]21OC(=O)c2ccccc21. The summed E-state index contributed by atoms with van der Waals surface area (Å²) in [6.45, 7) is 0. The highest BCUT2D eigenvalue weighted by Gasteiger charge is 2.50. The Morgan fingerprint density at radius 2 is 1.90 bits per heavy atom. The maximum Gasteiger partial charge on any atom is 0.339 e. The van der Waals surface area contributed by atoms with E-state index in [1.54, 1.807) is 0 Å². The van der Waals surface area contributed by atoms with E-state index in [0.29, 0.717) is 5.56 Å². The number of hydrogen-bond acceptors (Lipinski definition) is 3. The molecule has 0 saturated carbocycles. The van der Waals surface area contributed by atoms with Gasteiger partial charge >= 0.3 is 5.97 Å². The first-order chi connectivity index (χ1) is 10.1. The average Bonchev–Trinajstić information content (AvgIpc) is 3.00. The van der Waals surface area contributed by atoms with Crippen LogP contribution in [-0.4, -0.2) is 20.1 Å². The first kappa shape index (κ1) is 12.5. The zero-order valence-electron chi connectivity index (χ0n) is 12.2. The number of rotatable bonds is 1. The summed E-state index contributed by atoms with van der Waals surface area (Å²) in [6, 6.07) is 14.2. The van der Waals surface area contributed by atoms with Gasteiger partial charge in [0.2, 0.25) is 0 Å². The Bertz CT molecular complexity index is 751. The van der Waals surface area contributed by atoms with Gasteiger partial charge in [0.1, 0.15) is 0 Å². The number of nitrogens with zero attached hydrogens (tertiary/aromatic N) is 1. The molecule has 1 atom stereocenters. The van der Waals surface area contributed by atoms with Crippen molar-refractivity contribution in [3.05, 3.63) is 64.7 Å². The molecule has 0 fully saturated rings. The van der Waals surface area contributed by atoms with E-state index in [-0.39, 0.29) is 5.97 Å². The van der Waals surface area contributed by atoms with Gasteiger partial charge in [-0.3, -0.25) is 0 Å². The summed E-state index contributed by atoms with van der Waals surface area (Å²) >= 11 is 0. The Labute approximate surface area is 124 Å². The highest BCUT2D eigenvalue weighted by atomic mass is 16.6. The minimum atomic E-state index is -0.562. The molecule has 1 heterocycles. The van der Waals surface area contributed by atoms with Crippen LogP contribution in [0.15, 0.2) is 42.5 Å². The number of carbonyl (C=O) groups is 1. The van der Waals surface area contributed by atoms with Crippen LogP contribution in [0, 0.1) is 0 Å². The van der Waals surface area contributed by atoms with Crippen molar-refractivity contribution in [2.24, 2.45) is 0 Å². The topological polar surface area (TPSA) is 29.5 Å². The van der Waals surface area contributed by atoms with Crippen molar-refractivity contribution in [2.45, 2.75) is 18.4 Å². The maximum atomic E-state index is 12.2. The van der Waals surface area contributed by atoms with Gasteiger partial charge < -0.3 is 9.64 Å². The fourth-order valence-corrected chi connectivity index (χ4v) is 3.57. The first-order valence-electron chi connectivity index (χ1n) is 7.25. The molecule has 3 heteroatoms. The maximum absolute atomic E-state index is 12.2. The van der Waals surface area contributed by atoms with Crippen LogP contribution in [0.4, 0.5) is 5.69 Å². The Morgan fingerprint density at radius 3 is 2.71 bits per heavy atom. The second kappa shape index (κ2) is 4.10. The van der Waals surface area contributed by atoms with Crippen molar-refractivity contribution in [1.29, 1.82) is 0 Å². The molecular weight excluding hydrogens is 262 g/mol. The first-order valence-corrected chi connectivity index (χ1v) is 7.25. The molecule has 1 aliphatic heterocycles.